The predicted molar refractivity (Wildman–Crippen MR) is 148 cm³/mol. The average Bonchev–Trinajstić information content (AvgIpc) is 2.84. The minimum Gasteiger partial charge on any atom is -0.490 e. The number of halogens is 3. The lowest BCUT2D eigenvalue weighted by molar-refractivity contribution is 0.304. The summed E-state index contributed by atoms with van der Waals surface area (Å²) in [7, 11) is -0.567. The molecule has 0 heterocycles. The average molecular weight is 581 g/mol. The molecule has 0 radical (unpaired) electrons. The molecule has 0 saturated carbocycles. The largest absolute Gasteiger partial charge is 0.490 e. The van der Waals surface area contributed by atoms with Gasteiger partial charge in [-0.1, -0.05) is 74.3 Å². The van der Waals surface area contributed by atoms with E-state index in [9.17, 15) is 8.42 Å². The summed E-state index contributed by atoms with van der Waals surface area (Å²) in [5.41, 5.74) is 0.824. The van der Waals surface area contributed by atoms with E-state index in [4.69, 9.17) is 39.5 Å². The number of thioether (sulfide) groups is 1. The van der Waals surface area contributed by atoms with Crippen molar-refractivity contribution >= 4 is 68.0 Å². The molecule has 35 heavy (non-hydrogen) atoms. The summed E-state index contributed by atoms with van der Waals surface area (Å²) in [6.45, 7) is 4.74. The lowest BCUT2D eigenvalue weighted by atomic mass is 10.2. The molecule has 2 aromatic rings. The Balaban J connectivity index is 2.33. The van der Waals surface area contributed by atoms with Gasteiger partial charge in [-0.15, -0.1) is 16.9 Å². The topological polar surface area (TPSA) is 71.3 Å². The molecule has 0 amide bonds. The van der Waals surface area contributed by atoms with Crippen LogP contribution in [0.5, 0.6) is 5.75 Å². The van der Waals surface area contributed by atoms with Crippen molar-refractivity contribution in [2.24, 2.45) is 10.2 Å². The molecule has 194 valence electrons. The van der Waals surface area contributed by atoms with Crippen LogP contribution in [0.15, 0.2) is 44.3 Å². The Kier molecular flexibility index (Phi) is 12.6. The summed E-state index contributed by atoms with van der Waals surface area (Å²) in [4.78, 5) is 0.820. The Morgan fingerprint density at radius 1 is 0.886 bits per heavy atom. The monoisotopic (exact) mass is 579 g/mol. The minimum atomic E-state index is -3.53. The van der Waals surface area contributed by atoms with Gasteiger partial charge in [0.05, 0.1) is 27.1 Å². The summed E-state index contributed by atoms with van der Waals surface area (Å²) >= 11 is 21.4. The molecule has 0 saturated heterocycles. The second kappa shape index (κ2) is 14.6. The van der Waals surface area contributed by atoms with Gasteiger partial charge in [-0.25, -0.2) is 12.7 Å². The molecular formula is C24H32Cl3N3O3S2. The Morgan fingerprint density at radius 2 is 1.54 bits per heavy atom. The first kappa shape index (κ1) is 30.2. The van der Waals surface area contributed by atoms with Crippen molar-refractivity contribution in [3.8, 4) is 5.75 Å². The van der Waals surface area contributed by atoms with Crippen molar-refractivity contribution in [3.63, 3.8) is 0 Å². The van der Waals surface area contributed by atoms with Crippen molar-refractivity contribution < 1.29 is 13.2 Å². The summed E-state index contributed by atoms with van der Waals surface area (Å²) in [5.74, 6) is 1.16. The Labute approximate surface area is 228 Å². The number of benzene rings is 2. The van der Waals surface area contributed by atoms with Crippen LogP contribution in [0.3, 0.4) is 0 Å². The van der Waals surface area contributed by atoms with Gasteiger partial charge in [0.1, 0.15) is 15.7 Å². The molecule has 0 atom stereocenters. The van der Waals surface area contributed by atoms with E-state index >= 15 is 0 Å². The molecule has 2 aromatic carbocycles. The molecule has 0 fully saturated rings. The van der Waals surface area contributed by atoms with Crippen molar-refractivity contribution in [1.29, 1.82) is 0 Å². The van der Waals surface area contributed by atoms with Crippen LogP contribution < -0.4 is 4.74 Å². The van der Waals surface area contributed by atoms with Crippen LogP contribution in [0.1, 0.15) is 52.4 Å². The maximum atomic E-state index is 12.3. The molecule has 0 aromatic heterocycles. The number of unbranched alkanes of at least 4 members (excludes halogenated alkanes) is 4. The van der Waals surface area contributed by atoms with E-state index in [2.05, 4.69) is 24.1 Å². The molecule has 0 aliphatic rings. The molecule has 0 bridgehead atoms. The Morgan fingerprint density at radius 3 is 2.14 bits per heavy atom. The highest BCUT2D eigenvalue weighted by Crippen LogP contribution is 2.52. The fourth-order valence-electron chi connectivity index (χ4n) is 3.04. The summed E-state index contributed by atoms with van der Waals surface area (Å²) in [6.07, 6.45) is 6.47. The van der Waals surface area contributed by atoms with Crippen LogP contribution in [0, 0.1) is 0 Å². The number of hydrogen-bond donors (Lipinski definition) is 0. The lowest BCUT2D eigenvalue weighted by Crippen LogP contribution is -2.21. The second-order valence-electron chi connectivity index (χ2n) is 8.04. The zero-order chi connectivity index (χ0) is 26.0. The van der Waals surface area contributed by atoms with Crippen LogP contribution in [0.2, 0.25) is 15.1 Å². The fraction of sp³-hybridized carbons (Fsp3) is 0.500. The highest BCUT2D eigenvalue weighted by molar-refractivity contribution is 7.99. The summed E-state index contributed by atoms with van der Waals surface area (Å²) < 4.78 is 31.6. The van der Waals surface area contributed by atoms with E-state index in [0.717, 1.165) is 29.3 Å². The van der Waals surface area contributed by atoms with Gasteiger partial charge in [0.25, 0.3) is 0 Å². The van der Waals surface area contributed by atoms with E-state index in [1.165, 1.54) is 57.3 Å². The van der Waals surface area contributed by atoms with Gasteiger partial charge >= 0.3 is 0 Å². The molecule has 0 N–H and O–H groups in total. The van der Waals surface area contributed by atoms with Crippen molar-refractivity contribution in [2.45, 2.75) is 62.2 Å². The normalized spacial score (nSPS) is 12.1. The predicted octanol–water partition coefficient (Wildman–Crippen LogP) is 9.16. The van der Waals surface area contributed by atoms with Gasteiger partial charge in [-0.3, -0.25) is 0 Å². The van der Waals surface area contributed by atoms with E-state index in [-0.39, 0.29) is 14.9 Å². The number of ether oxygens (including phenoxy) is 1. The van der Waals surface area contributed by atoms with Crippen molar-refractivity contribution in [3.05, 3.63) is 39.3 Å². The summed E-state index contributed by atoms with van der Waals surface area (Å²) in [6, 6.07) is 6.11. The van der Waals surface area contributed by atoms with Crippen LogP contribution >= 0.6 is 46.6 Å². The third-order valence-electron chi connectivity index (χ3n) is 5.04. The molecule has 0 aliphatic carbocycles. The third-order valence-corrected chi connectivity index (χ3v) is 9.47. The molecule has 0 unspecified atom stereocenters. The highest BCUT2D eigenvalue weighted by atomic mass is 35.5. The van der Waals surface area contributed by atoms with Gasteiger partial charge in [0, 0.05) is 14.1 Å². The number of rotatable bonds is 14. The molecule has 6 nitrogen and oxygen atoms in total. The quantitative estimate of drug-likeness (QED) is 0.0966. The maximum Gasteiger partial charge on any atom is 0.242 e. The molecule has 2 rings (SSSR count). The number of hydrogen-bond acceptors (Lipinski definition) is 6. The SMILES string of the molecule is CCCCCCCOc1c(Cl)c(Cl)c(N=Nc2ccc(S(=O)(=O)N(C)C)cc2)c(SCCC)c1Cl. The maximum absolute atomic E-state index is 12.3. The van der Waals surface area contributed by atoms with Gasteiger partial charge in [0.2, 0.25) is 10.0 Å². The zero-order valence-corrected chi connectivity index (χ0v) is 24.4. The number of azo groups is 1. The third kappa shape index (κ3) is 8.23. The van der Waals surface area contributed by atoms with E-state index < -0.39 is 10.0 Å². The van der Waals surface area contributed by atoms with E-state index in [1.54, 1.807) is 12.1 Å². The highest BCUT2D eigenvalue weighted by Gasteiger charge is 2.23. The number of nitrogens with zero attached hydrogens (tertiary/aromatic N) is 3. The second-order valence-corrected chi connectivity index (χ2v) is 12.4. The van der Waals surface area contributed by atoms with E-state index in [1.807, 2.05) is 0 Å². The smallest absolute Gasteiger partial charge is 0.242 e. The van der Waals surface area contributed by atoms with Gasteiger partial charge in [-0.05, 0) is 42.9 Å². The van der Waals surface area contributed by atoms with Crippen LogP contribution in [0.4, 0.5) is 11.4 Å². The van der Waals surface area contributed by atoms with Gasteiger partial charge in [0.15, 0.2) is 5.75 Å². The standard InChI is InChI=1S/C24H32Cl3N3O3S2/c1-5-7-8-9-10-15-33-23-20(26)19(25)22(24(21(23)27)34-16-6-2)29-28-17-11-13-18(14-12-17)35(31,32)30(3)4/h11-14H,5-10,15-16H2,1-4H3. The Bertz CT molecular complexity index is 1110. The summed E-state index contributed by atoms with van der Waals surface area (Å²) in [5, 5.41) is 9.37. The van der Waals surface area contributed by atoms with Gasteiger partial charge < -0.3 is 4.74 Å². The molecular weight excluding hydrogens is 549 g/mol. The van der Waals surface area contributed by atoms with Gasteiger partial charge in [-0.2, -0.15) is 5.11 Å². The Hall–Kier alpha value is -1.03. The van der Waals surface area contributed by atoms with Crippen LogP contribution in [0.25, 0.3) is 0 Å². The first-order valence-electron chi connectivity index (χ1n) is 11.5. The molecule has 0 aliphatic heterocycles. The first-order chi connectivity index (χ1) is 16.6. The zero-order valence-electron chi connectivity index (χ0n) is 20.5. The van der Waals surface area contributed by atoms with Crippen molar-refractivity contribution in [1.82, 2.24) is 4.31 Å². The molecule has 0 spiro atoms. The van der Waals surface area contributed by atoms with Crippen LogP contribution in [-0.2, 0) is 10.0 Å². The minimum absolute atomic E-state index is 0.168. The van der Waals surface area contributed by atoms with Crippen molar-refractivity contribution in [2.75, 3.05) is 26.5 Å². The van der Waals surface area contributed by atoms with Crippen LogP contribution in [-0.4, -0.2) is 39.2 Å². The number of sulfonamides is 1. The molecule has 11 heteroatoms. The fourth-order valence-corrected chi connectivity index (χ4v) is 5.81. The van der Waals surface area contributed by atoms with E-state index in [0.29, 0.717) is 33.6 Å². The first-order valence-corrected chi connectivity index (χ1v) is 15.1. The lowest BCUT2D eigenvalue weighted by Gasteiger charge is -2.16.